The van der Waals surface area contributed by atoms with E-state index < -0.39 is 5.60 Å². The Bertz CT molecular complexity index is 586. The molecule has 1 atom stereocenters. The van der Waals surface area contributed by atoms with Crippen LogP contribution < -0.4 is 0 Å². The summed E-state index contributed by atoms with van der Waals surface area (Å²) < 4.78 is 13.1. The molecule has 1 saturated carbocycles. The van der Waals surface area contributed by atoms with E-state index in [1.165, 1.54) is 31.4 Å². The molecule has 1 heterocycles. The van der Waals surface area contributed by atoms with Crippen LogP contribution in [0.15, 0.2) is 24.3 Å². The molecule has 0 spiro atoms. The fraction of sp³-hybridized carbons (Fsp3) is 0.650. The summed E-state index contributed by atoms with van der Waals surface area (Å²) in [6, 6.07) is 6.69. The van der Waals surface area contributed by atoms with Crippen LogP contribution in [0.25, 0.3) is 0 Å². The highest BCUT2D eigenvalue weighted by Gasteiger charge is 2.43. The highest BCUT2D eigenvalue weighted by atomic mass is 19.1. The molecule has 0 radical (unpaired) electrons. The number of carbonyl (C=O) groups excluding carboxylic acids is 1. The summed E-state index contributed by atoms with van der Waals surface area (Å²) in [6.07, 6.45) is 7.38. The van der Waals surface area contributed by atoms with E-state index in [1.807, 2.05) is 7.05 Å². The summed E-state index contributed by atoms with van der Waals surface area (Å²) in [5, 5.41) is 11.0. The monoisotopic (exact) mass is 348 g/mol. The zero-order valence-corrected chi connectivity index (χ0v) is 15.1. The lowest BCUT2D eigenvalue weighted by atomic mass is 9.88. The molecule has 2 fully saturated rings. The summed E-state index contributed by atoms with van der Waals surface area (Å²) in [6.45, 7) is 1.47. The number of carbonyl (C=O) groups is 1. The van der Waals surface area contributed by atoms with Gasteiger partial charge in [-0.05, 0) is 50.4 Å². The van der Waals surface area contributed by atoms with Crippen LogP contribution in [0.3, 0.4) is 0 Å². The number of hydrogen-bond acceptors (Lipinski definition) is 3. The van der Waals surface area contributed by atoms with Crippen LogP contribution in [0.2, 0.25) is 0 Å². The number of likely N-dealkylation sites (tertiary alicyclic amines) is 1. The number of hydrogen-bond donors (Lipinski definition) is 1. The number of nitrogens with zero attached hydrogens (tertiary/aromatic N) is 2. The molecule has 0 aromatic heterocycles. The van der Waals surface area contributed by atoms with Crippen molar-refractivity contribution < 1.29 is 14.3 Å². The summed E-state index contributed by atoms with van der Waals surface area (Å²) in [4.78, 5) is 16.8. The second-order valence-corrected chi connectivity index (χ2v) is 7.70. The zero-order valence-electron chi connectivity index (χ0n) is 15.1. The number of halogens is 1. The highest BCUT2D eigenvalue weighted by Crippen LogP contribution is 2.28. The standard InChI is InChI=1S/C20H29FN2O2/c1-22(18-6-3-2-4-7-18)15-20(25)12-5-13-23(19(20)24)14-16-8-10-17(21)11-9-16/h8-11,18,25H,2-7,12-15H2,1H3/t20-/m1/s1. The number of benzene rings is 1. The predicted octanol–water partition coefficient (Wildman–Crippen LogP) is 2.94. The molecule has 1 amide bonds. The van der Waals surface area contributed by atoms with Crippen molar-refractivity contribution in [2.75, 3.05) is 20.1 Å². The van der Waals surface area contributed by atoms with E-state index in [2.05, 4.69) is 4.90 Å². The van der Waals surface area contributed by atoms with Gasteiger partial charge >= 0.3 is 0 Å². The van der Waals surface area contributed by atoms with Gasteiger partial charge in [-0.1, -0.05) is 31.4 Å². The number of piperidine rings is 1. The molecule has 1 N–H and O–H groups in total. The van der Waals surface area contributed by atoms with Crippen LogP contribution in [0.5, 0.6) is 0 Å². The van der Waals surface area contributed by atoms with Gasteiger partial charge in [0.05, 0.1) is 0 Å². The number of likely N-dealkylation sites (N-methyl/N-ethyl adjacent to an activating group) is 1. The molecule has 1 aromatic carbocycles. The van der Waals surface area contributed by atoms with Crippen LogP contribution in [0.1, 0.15) is 50.5 Å². The minimum atomic E-state index is -1.30. The van der Waals surface area contributed by atoms with Crippen molar-refractivity contribution >= 4 is 5.91 Å². The largest absolute Gasteiger partial charge is 0.379 e. The van der Waals surface area contributed by atoms with Gasteiger partial charge in [0.1, 0.15) is 5.82 Å². The van der Waals surface area contributed by atoms with Gasteiger partial charge < -0.3 is 14.9 Å². The first-order valence-corrected chi connectivity index (χ1v) is 9.44. The van der Waals surface area contributed by atoms with Crippen molar-refractivity contribution in [3.05, 3.63) is 35.6 Å². The number of amides is 1. The summed E-state index contributed by atoms with van der Waals surface area (Å²) in [5.41, 5.74) is -0.413. The van der Waals surface area contributed by atoms with E-state index in [4.69, 9.17) is 0 Å². The molecule has 4 nitrogen and oxygen atoms in total. The van der Waals surface area contributed by atoms with Gasteiger partial charge in [0, 0.05) is 25.7 Å². The average Bonchev–Trinajstić information content (AvgIpc) is 2.62. The van der Waals surface area contributed by atoms with Gasteiger partial charge in [-0.2, -0.15) is 0 Å². The Balaban J connectivity index is 1.64. The van der Waals surface area contributed by atoms with Crippen molar-refractivity contribution in [3.8, 4) is 0 Å². The molecule has 1 aliphatic heterocycles. The fourth-order valence-electron chi connectivity index (χ4n) is 4.24. The Morgan fingerprint density at radius 1 is 1.20 bits per heavy atom. The lowest BCUT2D eigenvalue weighted by molar-refractivity contribution is -0.160. The van der Waals surface area contributed by atoms with E-state index in [-0.39, 0.29) is 11.7 Å². The Hall–Kier alpha value is -1.46. The van der Waals surface area contributed by atoms with Crippen molar-refractivity contribution in [2.24, 2.45) is 0 Å². The molecule has 0 bridgehead atoms. The van der Waals surface area contributed by atoms with Gasteiger partial charge in [0.25, 0.3) is 5.91 Å². The van der Waals surface area contributed by atoms with Crippen molar-refractivity contribution in [1.82, 2.24) is 9.80 Å². The molecule has 2 aliphatic rings. The third-order valence-electron chi connectivity index (χ3n) is 5.70. The third-order valence-corrected chi connectivity index (χ3v) is 5.70. The molecular weight excluding hydrogens is 319 g/mol. The van der Waals surface area contributed by atoms with Gasteiger partial charge in [0.2, 0.25) is 0 Å². The minimum Gasteiger partial charge on any atom is -0.379 e. The molecule has 5 heteroatoms. The van der Waals surface area contributed by atoms with Crippen LogP contribution in [-0.2, 0) is 11.3 Å². The lowest BCUT2D eigenvalue weighted by Gasteiger charge is -2.42. The van der Waals surface area contributed by atoms with E-state index in [0.29, 0.717) is 32.1 Å². The molecule has 1 aromatic rings. The number of rotatable bonds is 5. The summed E-state index contributed by atoms with van der Waals surface area (Å²) in [7, 11) is 2.03. The van der Waals surface area contributed by atoms with Gasteiger partial charge in [-0.3, -0.25) is 4.79 Å². The van der Waals surface area contributed by atoms with Gasteiger partial charge in [-0.25, -0.2) is 4.39 Å². The molecule has 1 saturated heterocycles. The van der Waals surface area contributed by atoms with Crippen molar-refractivity contribution in [1.29, 1.82) is 0 Å². The van der Waals surface area contributed by atoms with E-state index >= 15 is 0 Å². The van der Waals surface area contributed by atoms with E-state index in [1.54, 1.807) is 17.0 Å². The van der Waals surface area contributed by atoms with Crippen LogP contribution in [0.4, 0.5) is 4.39 Å². The third kappa shape index (κ3) is 4.39. The second kappa shape index (κ2) is 7.83. The minimum absolute atomic E-state index is 0.189. The maximum atomic E-state index is 13.1. The first-order chi connectivity index (χ1) is 12.0. The molecule has 1 aliphatic carbocycles. The van der Waals surface area contributed by atoms with Crippen LogP contribution in [0, 0.1) is 5.82 Å². The Morgan fingerprint density at radius 3 is 2.56 bits per heavy atom. The zero-order chi connectivity index (χ0) is 17.9. The normalized spacial score (nSPS) is 25.6. The van der Waals surface area contributed by atoms with Crippen molar-refractivity contribution in [3.63, 3.8) is 0 Å². The Kier molecular flexibility index (Phi) is 5.74. The van der Waals surface area contributed by atoms with E-state index in [0.717, 1.165) is 24.8 Å². The molecule has 138 valence electrons. The van der Waals surface area contributed by atoms with Gasteiger partial charge in [-0.15, -0.1) is 0 Å². The maximum Gasteiger partial charge on any atom is 0.256 e. The van der Waals surface area contributed by atoms with Gasteiger partial charge in [0.15, 0.2) is 5.60 Å². The Labute approximate surface area is 149 Å². The molecule has 25 heavy (non-hydrogen) atoms. The molecular formula is C20H29FN2O2. The lowest BCUT2D eigenvalue weighted by Crippen LogP contribution is -2.59. The number of aliphatic hydroxyl groups is 1. The molecule has 0 unspecified atom stereocenters. The van der Waals surface area contributed by atoms with Crippen LogP contribution >= 0.6 is 0 Å². The summed E-state index contributed by atoms with van der Waals surface area (Å²) >= 11 is 0. The van der Waals surface area contributed by atoms with E-state index in [9.17, 15) is 14.3 Å². The highest BCUT2D eigenvalue weighted by molar-refractivity contribution is 5.86. The maximum absolute atomic E-state index is 13.1. The summed E-state index contributed by atoms with van der Waals surface area (Å²) in [5.74, 6) is -0.468. The first-order valence-electron chi connectivity index (χ1n) is 9.44. The SMILES string of the molecule is CN(C[C@]1(O)CCCN(Cc2ccc(F)cc2)C1=O)C1CCCCC1. The van der Waals surface area contributed by atoms with Crippen molar-refractivity contribution in [2.45, 2.75) is 63.1 Å². The first kappa shape index (κ1) is 18.3. The second-order valence-electron chi connectivity index (χ2n) is 7.70. The predicted molar refractivity (Wildman–Crippen MR) is 95.5 cm³/mol. The topological polar surface area (TPSA) is 43.8 Å². The fourth-order valence-corrected chi connectivity index (χ4v) is 4.24. The molecule has 3 rings (SSSR count). The average molecular weight is 348 g/mol. The smallest absolute Gasteiger partial charge is 0.256 e. The quantitative estimate of drug-likeness (QED) is 0.890. The Morgan fingerprint density at radius 2 is 1.88 bits per heavy atom. The van der Waals surface area contributed by atoms with Crippen LogP contribution in [-0.4, -0.2) is 52.6 Å².